The van der Waals surface area contributed by atoms with Crippen LogP contribution in [0.1, 0.15) is 37.7 Å². The van der Waals surface area contributed by atoms with E-state index in [9.17, 15) is 4.79 Å². The van der Waals surface area contributed by atoms with Gasteiger partial charge < -0.3 is 10.8 Å². The molecule has 1 atom stereocenters. The van der Waals surface area contributed by atoms with Gasteiger partial charge >= 0.3 is 5.97 Å². The van der Waals surface area contributed by atoms with Crippen molar-refractivity contribution >= 4 is 5.97 Å². The lowest BCUT2D eigenvalue weighted by Gasteiger charge is -2.31. The van der Waals surface area contributed by atoms with Crippen LogP contribution in [-0.2, 0) is 10.2 Å². The van der Waals surface area contributed by atoms with Crippen molar-refractivity contribution in [3.63, 3.8) is 0 Å². The number of carbonyl (C=O) groups is 1. The van der Waals surface area contributed by atoms with Crippen molar-refractivity contribution in [2.45, 2.75) is 43.6 Å². The Kier molecular flexibility index (Phi) is 3.43. The molecule has 4 heteroatoms. The van der Waals surface area contributed by atoms with Crippen LogP contribution in [0, 0.1) is 0 Å². The Labute approximate surface area is 101 Å². The first kappa shape index (κ1) is 12.0. The van der Waals surface area contributed by atoms with Gasteiger partial charge in [0.05, 0.1) is 0 Å². The van der Waals surface area contributed by atoms with E-state index in [4.69, 9.17) is 10.8 Å². The molecule has 0 aliphatic heterocycles. The Morgan fingerprint density at radius 2 is 2.00 bits per heavy atom. The summed E-state index contributed by atoms with van der Waals surface area (Å²) in [6.45, 7) is 0. The summed E-state index contributed by atoms with van der Waals surface area (Å²) in [6.07, 6.45) is 8.40. The lowest BCUT2D eigenvalue weighted by Crippen LogP contribution is -2.38. The molecule has 17 heavy (non-hydrogen) atoms. The lowest BCUT2D eigenvalue weighted by atomic mass is 9.74. The Bertz CT molecular complexity index is 386. The van der Waals surface area contributed by atoms with Crippen molar-refractivity contribution in [1.82, 2.24) is 4.98 Å². The zero-order valence-corrected chi connectivity index (χ0v) is 9.80. The number of rotatable bonds is 4. The molecule has 0 amide bonds. The van der Waals surface area contributed by atoms with Crippen LogP contribution in [0.4, 0.5) is 0 Å². The van der Waals surface area contributed by atoms with E-state index >= 15 is 0 Å². The molecule has 0 radical (unpaired) electrons. The highest BCUT2D eigenvalue weighted by Gasteiger charge is 2.38. The zero-order valence-electron chi connectivity index (χ0n) is 9.80. The Morgan fingerprint density at radius 1 is 1.41 bits per heavy atom. The van der Waals surface area contributed by atoms with E-state index in [1.54, 1.807) is 12.4 Å². The number of pyridine rings is 1. The highest BCUT2D eigenvalue weighted by Crippen LogP contribution is 2.44. The number of aromatic nitrogens is 1. The van der Waals surface area contributed by atoms with Crippen LogP contribution in [0.15, 0.2) is 24.5 Å². The average Bonchev–Trinajstić information content (AvgIpc) is 2.80. The van der Waals surface area contributed by atoms with Crippen molar-refractivity contribution in [3.05, 3.63) is 30.1 Å². The Balaban J connectivity index is 2.24. The first-order valence-electron chi connectivity index (χ1n) is 6.03. The molecule has 0 spiro atoms. The summed E-state index contributed by atoms with van der Waals surface area (Å²) in [5.74, 6) is -0.912. The average molecular weight is 234 g/mol. The second kappa shape index (κ2) is 4.84. The molecule has 1 aromatic rings. The molecule has 0 bridgehead atoms. The van der Waals surface area contributed by atoms with Gasteiger partial charge in [0.25, 0.3) is 0 Å². The van der Waals surface area contributed by atoms with Crippen molar-refractivity contribution in [2.24, 2.45) is 5.73 Å². The molecule has 0 aromatic carbocycles. The summed E-state index contributed by atoms with van der Waals surface area (Å²) in [7, 11) is 0. The highest BCUT2D eigenvalue weighted by molar-refractivity contribution is 5.73. The van der Waals surface area contributed by atoms with Gasteiger partial charge in [-0.3, -0.25) is 9.78 Å². The third-order valence-corrected chi connectivity index (χ3v) is 3.78. The molecule has 3 N–H and O–H groups in total. The Morgan fingerprint density at radius 3 is 2.53 bits per heavy atom. The minimum atomic E-state index is -0.912. The summed E-state index contributed by atoms with van der Waals surface area (Å²) >= 11 is 0. The quantitative estimate of drug-likeness (QED) is 0.831. The standard InChI is InChI=1S/C13H18N2O2/c14-11(12(16)17)9-13(5-1-2-6-13)10-3-7-15-8-4-10/h3-4,7-8,11H,1-2,5-6,9,14H2,(H,16,17). The van der Waals surface area contributed by atoms with E-state index in [1.807, 2.05) is 12.1 Å². The van der Waals surface area contributed by atoms with Gasteiger partial charge in [-0.2, -0.15) is 0 Å². The SMILES string of the molecule is NC(CC1(c2ccncc2)CCCC1)C(=O)O. The van der Waals surface area contributed by atoms with Crippen LogP contribution in [-0.4, -0.2) is 22.1 Å². The fourth-order valence-electron chi connectivity index (χ4n) is 2.88. The number of carboxylic acid groups (broad SMARTS) is 1. The van der Waals surface area contributed by atoms with Crippen molar-refractivity contribution in [2.75, 3.05) is 0 Å². The summed E-state index contributed by atoms with van der Waals surface area (Å²) in [5.41, 5.74) is 6.83. The third kappa shape index (κ3) is 2.47. The summed E-state index contributed by atoms with van der Waals surface area (Å²) in [6, 6.07) is 3.20. The van der Waals surface area contributed by atoms with Gasteiger partial charge in [-0.1, -0.05) is 12.8 Å². The van der Waals surface area contributed by atoms with Gasteiger partial charge in [-0.25, -0.2) is 0 Å². The summed E-state index contributed by atoms with van der Waals surface area (Å²) in [4.78, 5) is 14.9. The van der Waals surface area contributed by atoms with Crippen LogP contribution < -0.4 is 5.73 Å². The maximum Gasteiger partial charge on any atom is 0.320 e. The number of nitrogens with zero attached hydrogens (tertiary/aromatic N) is 1. The Hall–Kier alpha value is -1.42. The predicted molar refractivity (Wildman–Crippen MR) is 64.6 cm³/mol. The van der Waals surface area contributed by atoms with Gasteiger partial charge in [0.2, 0.25) is 0 Å². The van der Waals surface area contributed by atoms with E-state index in [-0.39, 0.29) is 5.41 Å². The number of hydrogen-bond acceptors (Lipinski definition) is 3. The van der Waals surface area contributed by atoms with Crippen LogP contribution in [0.2, 0.25) is 0 Å². The van der Waals surface area contributed by atoms with Crippen LogP contribution in [0.3, 0.4) is 0 Å². The van der Waals surface area contributed by atoms with E-state index in [2.05, 4.69) is 4.98 Å². The maximum absolute atomic E-state index is 10.9. The molecule has 1 aromatic heterocycles. The molecule has 1 fully saturated rings. The summed E-state index contributed by atoms with van der Waals surface area (Å²) < 4.78 is 0. The first-order chi connectivity index (χ1) is 8.14. The van der Waals surface area contributed by atoms with Crippen LogP contribution >= 0.6 is 0 Å². The molecule has 0 saturated heterocycles. The molecule has 2 rings (SSSR count). The molecule has 92 valence electrons. The minimum Gasteiger partial charge on any atom is -0.480 e. The van der Waals surface area contributed by atoms with Gasteiger partial charge in [-0.05, 0) is 42.4 Å². The topological polar surface area (TPSA) is 76.2 Å². The minimum absolute atomic E-state index is 0.0548. The predicted octanol–water partition coefficient (Wildman–Crippen LogP) is 1.70. The molecule has 1 aliphatic rings. The molecule has 1 heterocycles. The van der Waals surface area contributed by atoms with Crippen molar-refractivity contribution < 1.29 is 9.90 Å². The first-order valence-corrected chi connectivity index (χ1v) is 6.03. The van der Waals surface area contributed by atoms with Gasteiger partial charge in [0, 0.05) is 12.4 Å². The highest BCUT2D eigenvalue weighted by atomic mass is 16.4. The monoisotopic (exact) mass is 234 g/mol. The molecule has 1 aliphatic carbocycles. The largest absolute Gasteiger partial charge is 0.480 e. The van der Waals surface area contributed by atoms with Gasteiger partial charge in [0.1, 0.15) is 6.04 Å². The molecule has 1 saturated carbocycles. The maximum atomic E-state index is 10.9. The molecule has 1 unspecified atom stereocenters. The summed E-state index contributed by atoms with van der Waals surface area (Å²) in [5, 5.41) is 8.97. The lowest BCUT2D eigenvalue weighted by molar-refractivity contribution is -0.139. The molecule has 4 nitrogen and oxygen atoms in total. The van der Waals surface area contributed by atoms with Crippen molar-refractivity contribution in [3.8, 4) is 0 Å². The van der Waals surface area contributed by atoms with E-state index in [0.717, 1.165) is 25.7 Å². The number of nitrogens with two attached hydrogens (primary N) is 1. The fraction of sp³-hybridized carbons (Fsp3) is 0.538. The fourth-order valence-corrected chi connectivity index (χ4v) is 2.88. The van der Waals surface area contributed by atoms with Crippen molar-refractivity contribution in [1.29, 1.82) is 0 Å². The number of aliphatic carboxylic acids is 1. The van der Waals surface area contributed by atoms with E-state index in [0.29, 0.717) is 6.42 Å². The van der Waals surface area contributed by atoms with Crippen LogP contribution in [0.5, 0.6) is 0 Å². The second-order valence-electron chi connectivity index (χ2n) is 4.87. The third-order valence-electron chi connectivity index (χ3n) is 3.78. The van der Waals surface area contributed by atoms with E-state index < -0.39 is 12.0 Å². The molecular formula is C13H18N2O2. The van der Waals surface area contributed by atoms with Gasteiger partial charge in [-0.15, -0.1) is 0 Å². The smallest absolute Gasteiger partial charge is 0.320 e. The normalized spacial score (nSPS) is 20.1. The second-order valence-corrected chi connectivity index (χ2v) is 4.87. The molecular weight excluding hydrogens is 216 g/mol. The van der Waals surface area contributed by atoms with Crippen LogP contribution in [0.25, 0.3) is 0 Å². The van der Waals surface area contributed by atoms with Gasteiger partial charge in [0.15, 0.2) is 0 Å². The number of hydrogen-bond donors (Lipinski definition) is 2. The zero-order chi connectivity index (χ0) is 12.3. The van der Waals surface area contributed by atoms with E-state index in [1.165, 1.54) is 5.56 Å². The number of carboxylic acids is 1.